The van der Waals surface area contributed by atoms with Gasteiger partial charge in [-0.25, -0.2) is 4.79 Å². The van der Waals surface area contributed by atoms with Crippen LogP contribution in [0, 0.1) is 0 Å². The number of aromatic nitrogens is 1. The number of carbonyl (C=O) groups excluding carboxylic acids is 1. The van der Waals surface area contributed by atoms with Crippen LogP contribution in [0.1, 0.15) is 31.0 Å². The molecule has 116 valence electrons. The maximum atomic E-state index is 11.6. The van der Waals surface area contributed by atoms with E-state index in [-0.39, 0.29) is 0 Å². The van der Waals surface area contributed by atoms with Crippen LogP contribution in [-0.2, 0) is 22.4 Å². The van der Waals surface area contributed by atoms with Crippen LogP contribution in [-0.4, -0.2) is 24.2 Å². The molecule has 0 radical (unpaired) electrons. The Morgan fingerprint density at radius 1 is 1.32 bits per heavy atom. The number of nitrogens with two attached hydrogens (primary N) is 1. The summed E-state index contributed by atoms with van der Waals surface area (Å²) < 4.78 is 10.5. The van der Waals surface area contributed by atoms with Gasteiger partial charge in [-0.1, -0.05) is 6.07 Å². The van der Waals surface area contributed by atoms with E-state index < -0.39 is 12.1 Å². The normalized spacial score (nSPS) is 15.2. The highest BCUT2D eigenvalue weighted by atomic mass is 16.6. The van der Waals surface area contributed by atoms with Crippen molar-refractivity contribution in [2.75, 3.05) is 12.8 Å². The van der Waals surface area contributed by atoms with Crippen molar-refractivity contribution in [2.24, 2.45) is 0 Å². The molecule has 2 N–H and O–H groups in total. The van der Waals surface area contributed by atoms with E-state index in [4.69, 9.17) is 20.2 Å². The molecule has 5 nitrogen and oxygen atoms in total. The van der Waals surface area contributed by atoms with Crippen LogP contribution in [0.3, 0.4) is 0 Å². The zero-order chi connectivity index (χ0) is 15.7. The van der Waals surface area contributed by atoms with Crippen molar-refractivity contribution >= 4 is 22.6 Å². The quantitative estimate of drug-likeness (QED) is 0.882. The summed E-state index contributed by atoms with van der Waals surface area (Å²) in [4.78, 5) is 16.3. The van der Waals surface area contributed by atoms with Crippen molar-refractivity contribution in [3.05, 3.63) is 29.5 Å². The minimum Gasteiger partial charge on any atom is -0.478 e. The Labute approximate surface area is 129 Å². The van der Waals surface area contributed by atoms with Crippen molar-refractivity contribution in [1.29, 1.82) is 0 Å². The molecule has 1 aromatic carbocycles. The number of esters is 1. The Bertz CT molecular complexity index is 727. The first-order valence-corrected chi connectivity index (χ1v) is 7.56. The molecular formula is C17H20N2O3. The Morgan fingerprint density at radius 2 is 2.09 bits per heavy atom. The molecule has 1 atom stereocenters. The molecule has 1 unspecified atom stereocenters. The molecule has 0 fully saturated rings. The maximum Gasteiger partial charge on any atom is 0.346 e. The number of ether oxygens (including phenoxy) is 2. The summed E-state index contributed by atoms with van der Waals surface area (Å²) in [6, 6.07) is 5.61. The summed E-state index contributed by atoms with van der Waals surface area (Å²) in [7, 11) is 1.34. The molecular weight excluding hydrogens is 280 g/mol. The van der Waals surface area contributed by atoms with Crippen LogP contribution in [0.25, 0.3) is 10.9 Å². The summed E-state index contributed by atoms with van der Waals surface area (Å²) in [5.74, 6) is 0.162. The number of fused-ring (bicyclic) bond motifs is 2. The number of anilines is 1. The van der Waals surface area contributed by atoms with Gasteiger partial charge in [-0.2, -0.15) is 0 Å². The Hall–Kier alpha value is -2.30. The van der Waals surface area contributed by atoms with Gasteiger partial charge in [0.25, 0.3) is 0 Å². The van der Waals surface area contributed by atoms with Crippen LogP contribution in [0.4, 0.5) is 5.69 Å². The fourth-order valence-corrected chi connectivity index (χ4v) is 2.99. The zero-order valence-corrected chi connectivity index (χ0v) is 12.9. The summed E-state index contributed by atoms with van der Waals surface area (Å²) in [5, 5.41) is 0.791. The third-order valence-corrected chi connectivity index (χ3v) is 4.13. The number of nitrogens with zero attached hydrogens (tertiary/aromatic N) is 1. The molecule has 2 aromatic rings. The second-order valence-electron chi connectivity index (χ2n) is 5.59. The molecule has 3 rings (SSSR count). The van der Waals surface area contributed by atoms with E-state index >= 15 is 0 Å². The van der Waals surface area contributed by atoms with Gasteiger partial charge in [-0.05, 0) is 50.3 Å². The lowest BCUT2D eigenvalue weighted by Gasteiger charge is -2.21. The van der Waals surface area contributed by atoms with E-state index in [1.54, 1.807) is 6.92 Å². The monoisotopic (exact) mass is 300 g/mol. The Morgan fingerprint density at radius 3 is 2.86 bits per heavy atom. The SMILES string of the molecule is COC(=O)C(C)Oc1cccc2nc3c(c(N)c12)CCCC3. The van der Waals surface area contributed by atoms with Crippen LogP contribution >= 0.6 is 0 Å². The van der Waals surface area contributed by atoms with Gasteiger partial charge in [0, 0.05) is 11.4 Å². The van der Waals surface area contributed by atoms with Crippen LogP contribution < -0.4 is 10.5 Å². The van der Waals surface area contributed by atoms with E-state index in [2.05, 4.69) is 0 Å². The van der Waals surface area contributed by atoms with E-state index in [9.17, 15) is 4.79 Å². The zero-order valence-electron chi connectivity index (χ0n) is 12.9. The predicted octanol–water partition coefficient (Wildman–Crippen LogP) is 2.64. The molecule has 22 heavy (non-hydrogen) atoms. The molecule has 5 heteroatoms. The van der Waals surface area contributed by atoms with Gasteiger partial charge in [-0.15, -0.1) is 0 Å². The highest BCUT2D eigenvalue weighted by Gasteiger charge is 2.21. The van der Waals surface area contributed by atoms with Gasteiger partial charge in [0.05, 0.1) is 18.0 Å². The number of aryl methyl sites for hydroxylation is 1. The molecule has 0 bridgehead atoms. The first-order valence-electron chi connectivity index (χ1n) is 7.56. The fourth-order valence-electron chi connectivity index (χ4n) is 2.99. The van der Waals surface area contributed by atoms with E-state index in [1.165, 1.54) is 7.11 Å². The first kappa shape index (κ1) is 14.6. The summed E-state index contributed by atoms with van der Waals surface area (Å²) in [5.41, 5.74) is 10.1. The average molecular weight is 300 g/mol. The van der Waals surface area contributed by atoms with Crippen molar-refractivity contribution in [2.45, 2.75) is 38.7 Å². The Kier molecular flexibility index (Phi) is 3.88. The number of rotatable bonds is 3. The minimum atomic E-state index is -0.689. The second-order valence-corrected chi connectivity index (χ2v) is 5.59. The average Bonchev–Trinajstić information content (AvgIpc) is 2.54. The van der Waals surface area contributed by atoms with Crippen molar-refractivity contribution in [3.63, 3.8) is 0 Å². The van der Waals surface area contributed by atoms with Gasteiger partial charge >= 0.3 is 5.97 Å². The van der Waals surface area contributed by atoms with Crippen molar-refractivity contribution in [1.82, 2.24) is 4.98 Å². The van der Waals surface area contributed by atoms with E-state index in [0.29, 0.717) is 5.75 Å². The van der Waals surface area contributed by atoms with Crippen LogP contribution in [0.5, 0.6) is 5.75 Å². The van der Waals surface area contributed by atoms with E-state index in [1.807, 2.05) is 18.2 Å². The molecule has 1 aliphatic rings. The highest BCUT2D eigenvalue weighted by Crippen LogP contribution is 2.36. The lowest BCUT2D eigenvalue weighted by Crippen LogP contribution is -2.25. The lowest BCUT2D eigenvalue weighted by molar-refractivity contribution is -0.147. The number of hydrogen-bond acceptors (Lipinski definition) is 5. The summed E-state index contributed by atoms with van der Waals surface area (Å²) in [6.07, 6.45) is 3.52. The fraction of sp³-hybridized carbons (Fsp3) is 0.412. The van der Waals surface area contributed by atoms with Gasteiger partial charge in [0.15, 0.2) is 6.10 Å². The number of pyridine rings is 1. The first-order chi connectivity index (χ1) is 10.6. The molecule has 1 aromatic heterocycles. The Balaban J connectivity index is 2.09. The van der Waals surface area contributed by atoms with Gasteiger partial charge in [0.1, 0.15) is 5.75 Å². The molecule has 1 heterocycles. The second kappa shape index (κ2) is 5.83. The van der Waals surface area contributed by atoms with Crippen molar-refractivity contribution < 1.29 is 14.3 Å². The molecule has 0 spiro atoms. The number of carbonyl (C=O) groups is 1. The number of benzene rings is 1. The van der Waals surface area contributed by atoms with Gasteiger partial charge < -0.3 is 15.2 Å². The van der Waals surface area contributed by atoms with Crippen LogP contribution in [0.15, 0.2) is 18.2 Å². The molecule has 1 aliphatic carbocycles. The summed E-state index contributed by atoms with van der Waals surface area (Å²) in [6.45, 7) is 1.66. The topological polar surface area (TPSA) is 74.4 Å². The predicted molar refractivity (Wildman–Crippen MR) is 84.9 cm³/mol. The number of methoxy groups -OCH3 is 1. The summed E-state index contributed by atoms with van der Waals surface area (Å²) >= 11 is 0. The number of hydrogen-bond donors (Lipinski definition) is 1. The highest BCUT2D eigenvalue weighted by molar-refractivity contribution is 5.97. The maximum absolute atomic E-state index is 11.6. The molecule has 0 saturated heterocycles. The number of nitrogen functional groups attached to an aromatic ring is 1. The largest absolute Gasteiger partial charge is 0.478 e. The lowest BCUT2D eigenvalue weighted by atomic mass is 9.93. The smallest absolute Gasteiger partial charge is 0.346 e. The van der Waals surface area contributed by atoms with Gasteiger partial charge in [0.2, 0.25) is 0 Å². The molecule has 0 amide bonds. The minimum absolute atomic E-state index is 0.415. The third kappa shape index (κ3) is 2.47. The van der Waals surface area contributed by atoms with Gasteiger partial charge in [-0.3, -0.25) is 4.98 Å². The van der Waals surface area contributed by atoms with E-state index in [0.717, 1.165) is 53.5 Å². The molecule has 0 aliphatic heterocycles. The standard InChI is InChI=1S/C17H20N2O3/c1-10(17(20)21-2)22-14-9-5-8-13-15(14)16(18)11-6-3-4-7-12(11)19-13/h5,8-10H,3-4,6-7H2,1-2H3,(H2,18,19). The van der Waals surface area contributed by atoms with Crippen molar-refractivity contribution in [3.8, 4) is 5.75 Å². The van der Waals surface area contributed by atoms with Crippen LogP contribution in [0.2, 0.25) is 0 Å². The molecule has 0 saturated carbocycles. The third-order valence-electron chi connectivity index (χ3n) is 4.13.